The Morgan fingerprint density at radius 1 is 1.07 bits per heavy atom. The molecule has 166 valence electrons. The van der Waals surface area contributed by atoms with Crippen molar-refractivity contribution in [2.24, 2.45) is 23.7 Å². The Morgan fingerprint density at radius 2 is 1.83 bits per heavy atom. The molecule has 0 spiro atoms. The normalized spacial score (nSPS) is 31.8. The summed E-state index contributed by atoms with van der Waals surface area (Å²) in [7, 11) is 0. The number of esters is 1. The van der Waals surface area contributed by atoms with E-state index in [0.29, 0.717) is 37.9 Å². The van der Waals surface area contributed by atoms with Gasteiger partial charge in [-0.3, -0.25) is 9.18 Å². The molecular weight excluding hydrogens is 383 g/mol. The van der Waals surface area contributed by atoms with Gasteiger partial charge in [-0.15, -0.1) is 0 Å². The lowest BCUT2D eigenvalue weighted by molar-refractivity contribution is -0.236. The number of ether oxygens (including phenoxy) is 3. The minimum atomic E-state index is -0.204. The van der Waals surface area contributed by atoms with Crippen molar-refractivity contribution in [3.05, 3.63) is 29.3 Å². The average molecular weight is 419 g/mol. The molecule has 1 saturated heterocycles. The van der Waals surface area contributed by atoms with Gasteiger partial charge in [-0.05, 0) is 74.5 Å². The first-order chi connectivity index (χ1) is 14.7. The van der Waals surface area contributed by atoms with E-state index in [4.69, 9.17) is 14.2 Å². The number of halogens is 1. The van der Waals surface area contributed by atoms with E-state index >= 15 is 0 Å². The van der Waals surface area contributed by atoms with Crippen LogP contribution >= 0.6 is 0 Å². The summed E-state index contributed by atoms with van der Waals surface area (Å²) in [6.45, 7) is 3.05. The maximum atomic E-state index is 12.7. The molecule has 0 bridgehead atoms. The Kier molecular flexibility index (Phi) is 7.42. The van der Waals surface area contributed by atoms with E-state index in [0.717, 1.165) is 56.3 Å². The lowest BCUT2D eigenvalue weighted by atomic mass is 9.79. The molecule has 30 heavy (non-hydrogen) atoms. The zero-order valence-electron chi connectivity index (χ0n) is 18.1. The fourth-order valence-corrected chi connectivity index (χ4v) is 5.32. The molecule has 5 heteroatoms. The van der Waals surface area contributed by atoms with Gasteiger partial charge in [-0.25, -0.2) is 0 Å². The van der Waals surface area contributed by atoms with Crippen LogP contribution in [0.15, 0.2) is 18.2 Å². The third kappa shape index (κ3) is 5.05. The first-order valence-electron chi connectivity index (χ1n) is 11.8. The third-order valence-electron chi connectivity index (χ3n) is 7.16. The van der Waals surface area contributed by atoms with E-state index in [1.807, 2.05) is 6.07 Å². The number of hydrogen-bond acceptors (Lipinski definition) is 4. The van der Waals surface area contributed by atoms with E-state index in [2.05, 4.69) is 19.1 Å². The van der Waals surface area contributed by atoms with Gasteiger partial charge < -0.3 is 14.2 Å². The molecule has 2 aliphatic heterocycles. The third-order valence-corrected chi connectivity index (χ3v) is 7.16. The monoisotopic (exact) mass is 418 g/mol. The number of alkyl halides is 1. The van der Waals surface area contributed by atoms with E-state index in [-0.39, 0.29) is 30.8 Å². The van der Waals surface area contributed by atoms with Crippen molar-refractivity contribution >= 4 is 5.97 Å². The highest BCUT2D eigenvalue weighted by molar-refractivity contribution is 5.78. The summed E-state index contributed by atoms with van der Waals surface area (Å²) in [6.07, 6.45) is 8.76. The minimum Gasteiger partial charge on any atom is -0.426 e. The van der Waals surface area contributed by atoms with Gasteiger partial charge in [0.25, 0.3) is 0 Å². The Labute approximate surface area is 179 Å². The van der Waals surface area contributed by atoms with Crippen molar-refractivity contribution in [1.29, 1.82) is 0 Å². The van der Waals surface area contributed by atoms with Crippen LogP contribution in [0.2, 0.25) is 0 Å². The molecule has 0 radical (unpaired) electrons. The molecule has 1 unspecified atom stereocenters. The number of benzene rings is 1. The first kappa shape index (κ1) is 21.8. The molecule has 0 amide bonds. The molecular formula is C25H35FO4. The molecule has 1 atom stereocenters. The number of hydrogen-bond donors (Lipinski definition) is 0. The summed E-state index contributed by atoms with van der Waals surface area (Å²) in [5, 5.41) is 0. The zero-order valence-corrected chi connectivity index (χ0v) is 18.1. The Hall–Kier alpha value is -1.46. The lowest BCUT2D eigenvalue weighted by Crippen LogP contribution is -2.44. The Balaban J connectivity index is 1.28. The molecule has 1 saturated carbocycles. The SMILES string of the molecule is CCCc1ccc2c(c1)OC(=O)C(C1COC(C3CCC(CCCF)CC3)OC1)C2. The van der Waals surface area contributed by atoms with Crippen LogP contribution in [0.4, 0.5) is 4.39 Å². The molecule has 1 aromatic carbocycles. The second kappa shape index (κ2) is 10.2. The molecule has 4 rings (SSSR count). The summed E-state index contributed by atoms with van der Waals surface area (Å²) >= 11 is 0. The zero-order chi connectivity index (χ0) is 20.9. The van der Waals surface area contributed by atoms with Gasteiger partial charge in [-0.2, -0.15) is 0 Å². The van der Waals surface area contributed by atoms with Gasteiger partial charge in [0.05, 0.1) is 25.8 Å². The fraction of sp³-hybridized carbons (Fsp3) is 0.720. The smallest absolute Gasteiger partial charge is 0.315 e. The molecule has 3 aliphatic rings. The molecule has 4 nitrogen and oxygen atoms in total. The quantitative estimate of drug-likeness (QED) is 0.447. The molecule has 0 N–H and O–H groups in total. The second-order valence-corrected chi connectivity index (χ2v) is 9.33. The van der Waals surface area contributed by atoms with Crippen molar-refractivity contribution in [3.8, 4) is 5.75 Å². The van der Waals surface area contributed by atoms with Crippen LogP contribution in [0.25, 0.3) is 0 Å². The molecule has 1 aliphatic carbocycles. The van der Waals surface area contributed by atoms with Crippen molar-refractivity contribution in [2.75, 3.05) is 19.9 Å². The van der Waals surface area contributed by atoms with Crippen LogP contribution in [0.1, 0.15) is 63.0 Å². The van der Waals surface area contributed by atoms with Crippen LogP contribution in [-0.2, 0) is 27.1 Å². The number of rotatable bonds is 7. The van der Waals surface area contributed by atoms with Crippen LogP contribution in [0.5, 0.6) is 5.75 Å². The number of carbonyl (C=O) groups is 1. The second-order valence-electron chi connectivity index (χ2n) is 9.33. The van der Waals surface area contributed by atoms with Gasteiger partial charge in [0.15, 0.2) is 6.29 Å². The highest BCUT2D eigenvalue weighted by Gasteiger charge is 2.40. The average Bonchev–Trinajstić information content (AvgIpc) is 2.78. The Morgan fingerprint density at radius 3 is 2.53 bits per heavy atom. The fourth-order valence-electron chi connectivity index (χ4n) is 5.32. The summed E-state index contributed by atoms with van der Waals surface area (Å²) in [6, 6.07) is 6.27. The summed E-state index contributed by atoms with van der Waals surface area (Å²) in [4.78, 5) is 12.7. The standard InChI is InChI=1S/C25H35FO4/c1-2-4-18-8-11-20-14-22(24(27)30-23(20)13-18)21-15-28-25(29-16-21)19-9-6-17(7-10-19)5-3-12-26/h8,11,13,17,19,21-22,25H,2-7,9-10,12,14-16H2,1H3. The van der Waals surface area contributed by atoms with Crippen LogP contribution in [-0.4, -0.2) is 32.1 Å². The van der Waals surface area contributed by atoms with Gasteiger partial charge in [-0.1, -0.05) is 25.5 Å². The number of fused-ring (bicyclic) bond motifs is 1. The minimum absolute atomic E-state index is 0.0399. The highest BCUT2D eigenvalue weighted by atomic mass is 19.1. The maximum absolute atomic E-state index is 12.7. The van der Waals surface area contributed by atoms with Gasteiger partial charge in [0.1, 0.15) is 5.75 Å². The van der Waals surface area contributed by atoms with Crippen molar-refractivity contribution in [3.63, 3.8) is 0 Å². The molecule has 2 fully saturated rings. The largest absolute Gasteiger partial charge is 0.426 e. The van der Waals surface area contributed by atoms with Crippen LogP contribution in [0, 0.1) is 23.7 Å². The molecule has 2 heterocycles. The van der Waals surface area contributed by atoms with Crippen LogP contribution in [0.3, 0.4) is 0 Å². The summed E-state index contributed by atoms with van der Waals surface area (Å²) in [5.74, 6) is 1.49. The van der Waals surface area contributed by atoms with Gasteiger partial charge in [0.2, 0.25) is 0 Å². The van der Waals surface area contributed by atoms with Crippen molar-refractivity contribution in [1.82, 2.24) is 0 Å². The van der Waals surface area contributed by atoms with Crippen LogP contribution < -0.4 is 4.74 Å². The van der Waals surface area contributed by atoms with E-state index < -0.39 is 0 Å². The topological polar surface area (TPSA) is 44.8 Å². The van der Waals surface area contributed by atoms with E-state index in [1.165, 1.54) is 5.56 Å². The van der Waals surface area contributed by atoms with E-state index in [1.54, 1.807) is 0 Å². The molecule has 0 aromatic heterocycles. The van der Waals surface area contributed by atoms with Crippen molar-refractivity contribution < 1.29 is 23.4 Å². The number of carbonyl (C=O) groups excluding carboxylic acids is 1. The van der Waals surface area contributed by atoms with Crippen molar-refractivity contribution in [2.45, 2.75) is 71.0 Å². The first-order valence-corrected chi connectivity index (χ1v) is 11.8. The van der Waals surface area contributed by atoms with Gasteiger partial charge in [0, 0.05) is 11.8 Å². The molecule has 1 aromatic rings. The summed E-state index contributed by atoms with van der Waals surface area (Å²) in [5.41, 5.74) is 2.32. The predicted octanol–water partition coefficient (Wildman–Crippen LogP) is 5.26. The highest BCUT2D eigenvalue weighted by Crippen LogP contribution is 2.38. The van der Waals surface area contributed by atoms with E-state index in [9.17, 15) is 9.18 Å². The lowest BCUT2D eigenvalue weighted by Gasteiger charge is -2.39. The summed E-state index contributed by atoms with van der Waals surface area (Å²) < 4.78 is 30.3. The Bertz CT molecular complexity index is 705. The van der Waals surface area contributed by atoms with Gasteiger partial charge >= 0.3 is 5.97 Å². The predicted molar refractivity (Wildman–Crippen MR) is 113 cm³/mol. The number of aryl methyl sites for hydroxylation is 1. The maximum Gasteiger partial charge on any atom is 0.315 e.